The van der Waals surface area contributed by atoms with E-state index in [9.17, 15) is 14.4 Å². The Hall–Kier alpha value is -3.13. The first-order valence-corrected chi connectivity index (χ1v) is 12.6. The molecule has 196 valence electrons. The van der Waals surface area contributed by atoms with Crippen molar-refractivity contribution >= 4 is 17.7 Å². The van der Waals surface area contributed by atoms with Gasteiger partial charge < -0.3 is 24.3 Å². The van der Waals surface area contributed by atoms with Crippen molar-refractivity contribution in [1.82, 2.24) is 5.32 Å². The predicted octanol–water partition coefficient (Wildman–Crippen LogP) is 4.06. The number of hydrogen-bond acceptors (Lipinski definition) is 8. The Kier molecular flexibility index (Phi) is 9.70. The number of hydrogen-bond donors (Lipinski definition) is 1. The third kappa shape index (κ3) is 5.81. The van der Waals surface area contributed by atoms with Crippen LogP contribution in [-0.2, 0) is 28.6 Å². The van der Waals surface area contributed by atoms with Crippen LogP contribution < -0.4 is 10.1 Å². The number of allylic oxidation sites excluding steroid dienone is 3. The number of para-hydroxylation sites is 1. The number of methoxy groups -OCH3 is 1. The van der Waals surface area contributed by atoms with E-state index in [1.54, 1.807) is 6.92 Å². The van der Waals surface area contributed by atoms with Crippen molar-refractivity contribution in [1.29, 1.82) is 0 Å². The number of rotatable bonds is 11. The number of ketones is 1. The summed E-state index contributed by atoms with van der Waals surface area (Å²) in [7, 11) is 1.28. The van der Waals surface area contributed by atoms with Gasteiger partial charge in [0.15, 0.2) is 5.78 Å². The molecular formula is C28H37NO7. The third-order valence-corrected chi connectivity index (χ3v) is 6.61. The summed E-state index contributed by atoms with van der Waals surface area (Å²) in [5.74, 6) is -2.80. The van der Waals surface area contributed by atoms with Crippen molar-refractivity contribution in [3.63, 3.8) is 0 Å². The van der Waals surface area contributed by atoms with Crippen LogP contribution in [0.15, 0.2) is 46.8 Å². The average Bonchev–Trinajstić information content (AvgIpc) is 2.86. The molecule has 0 radical (unpaired) electrons. The lowest BCUT2D eigenvalue weighted by Crippen LogP contribution is -2.43. The predicted molar refractivity (Wildman–Crippen MR) is 134 cm³/mol. The van der Waals surface area contributed by atoms with Crippen molar-refractivity contribution < 1.29 is 33.3 Å². The Morgan fingerprint density at radius 1 is 1.11 bits per heavy atom. The molecule has 1 aliphatic carbocycles. The zero-order valence-corrected chi connectivity index (χ0v) is 21.8. The molecule has 0 fully saturated rings. The van der Waals surface area contributed by atoms with Gasteiger partial charge in [-0.15, -0.1) is 0 Å². The van der Waals surface area contributed by atoms with Gasteiger partial charge in [-0.1, -0.05) is 38.5 Å². The van der Waals surface area contributed by atoms with Gasteiger partial charge in [-0.25, -0.2) is 4.79 Å². The fraction of sp³-hybridized carbons (Fsp3) is 0.536. The fourth-order valence-corrected chi connectivity index (χ4v) is 4.85. The lowest BCUT2D eigenvalue weighted by Gasteiger charge is -2.38. The average molecular weight is 500 g/mol. The maximum absolute atomic E-state index is 13.9. The van der Waals surface area contributed by atoms with Gasteiger partial charge >= 0.3 is 11.9 Å². The van der Waals surface area contributed by atoms with Gasteiger partial charge in [-0.2, -0.15) is 0 Å². The van der Waals surface area contributed by atoms with E-state index in [1.807, 2.05) is 38.1 Å². The summed E-state index contributed by atoms with van der Waals surface area (Å²) in [5, 5.41) is 3.27. The molecule has 36 heavy (non-hydrogen) atoms. The second-order valence-electron chi connectivity index (χ2n) is 9.11. The van der Waals surface area contributed by atoms with Crippen LogP contribution in [0, 0.1) is 11.8 Å². The Labute approximate surface area is 213 Å². The van der Waals surface area contributed by atoms with E-state index in [0.29, 0.717) is 53.5 Å². The minimum atomic E-state index is -0.945. The lowest BCUT2D eigenvalue weighted by molar-refractivity contribution is -0.151. The summed E-state index contributed by atoms with van der Waals surface area (Å²) in [6.07, 6.45) is 2.31. The standard InChI is InChI=1S/C28H37NO7/c1-6-8-13-35-21-12-10-9-11-19(21)24-23(28(32)36-15-14-34-7-2)18(4)29-20-16-17(3)22(27(31)33-5)26(30)25(20)24/h9-12,17,22,24,29H,6-8,13-16H2,1-5H3/t17-,22+,24-/m0/s1. The van der Waals surface area contributed by atoms with Gasteiger partial charge in [0.1, 0.15) is 18.3 Å². The molecule has 0 spiro atoms. The molecule has 0 saturated heterocycles. The van der Waals surface area contributed by atoms with Gasteiger partial charge in [0.2, 0.25) is 0 Å². The summed E-state index contributed by atoms with van der Waals surface area (Å²) >= 11 is 0. The maximum atomic E-state index is 13.9. The number of benzene rings is 1. The van der Waals surface area contributed by atoms with E-state index in [4.69, 9.17) is 18.9 Å². The molecule has 1 N–H and O–H groups in total. The van der Waals surface area contributed by atoms with Gasteiger partial charge in [-0.3, -0.25) is 9.59 Å². The Morgan fingerprint density at radius 2 is 1.86 bits per heavy atom. The van der Waals surface area contributed by atoms with E-state index in [0.717, 1.165) is 12.8 Å². The summed E-state index contributed by atoms with van der Waals surface area (Å²) in [6.45, 7) is 9.00. The summed E-state index contributed by atoms with van der Waals surface area (Å²) < 4.78 is 21.9. The quantitative estimate of drug-likeness (QED) is 0.276. The molecule has 1 aromatic rings. The Morgan fingerprint density at radius 3 is 2.56 bits per heavy atom. The number of unbranched alkanes of at least 4 members (excludes halogenated alkanes) is 1. The molecule has 2 aliphatic rings. The topological polar surface area (TPSA) is 100 Å². The second-order valence-corrected chi connectivity index (χ2v) is 9.11. The van der Waals surface area contributed by atoms with Crippen LogP contribution in [0.25, 0.3) is 0 Å². The number of ether oxygens (including phenoxy) is 4. The monoisotopic (exact) mass is 499 g/mol. The highest BCUT2D eigenvalue weighted by Crippen LogP contribution is 2.47. The zero-order chi connectivity index (χ0) is 26.2. The Balaban J connectivity index is 2.11. The van der Waals surface area contributed by atoms with Crippen molar-refractivity contribution in [2.24, 2.45) is 11.8 Å². The highest BCUT2D eigenvalue weighted by atomic mass is 16.6. The van der Waals surface area contributed by atoms with Crippen molar-refractivity contribution in [3.05, 3.63) is 52.4 Å². The molecule has 3 atom stereocenters. The van der Waals surface area contributed by atoms with Crippen LogP contribution in [-0.4, -0.2) is 51.3 Å². The summed E-state index contributed by atoms with van der Waals surface area (Å²) in [5.41, 5.74) is 2.72. The maximum Gasteiger partial charge on any atom is 0.336 e. The van der Waals surface area contributed by atoms with Crippen molar-refractivity contribution in [3.8, 4) is 5.75 Å². The molecule has 1 aromatic carbocycles. The van der Waals surface area contributed by atoms with Gasteiger partial charge in [0, 0.05) is 29.1 Å². The van der Waals surface area contributed by atoms with Crippen LogP contribution in [0.2, 0.25) is 0 Å². The molecular weight excluding hydrogens is 462 g/mol. The molecule has 0 unspecified atom stereocenters. The van der Waals surface area contributed by atoms with Gasteiger partial charge in [-0.05, 0) is 38.7 Å². The highest BCUT2D eigenvalue weighted by Gasteiger charge is 2.47. The fourth-order valence-electron chi connectivity index (χ4n) is 4.85. The third-order valence-electron chi connectivity index (χ3n) is 6.61. The minimum Gasteiger partial charge on any atom is -0.493 e. The minimum absolute atomic E-state index is 0.0898. The second kappa shape index (κ2) is 12.7. The van der Waals surface area contributed by atoms with Crippen LogP contribution in [0.4, 0.5) is 0 Å². The summed E-state index contributed by atoms with van der Waals surface area (Å²) in [4.78, 5) is 39.9. The molecule has 0 amide bonds. The van der Waals surface area contributed by atoms with E-state index in [2.05, 4.69) is 12.2 Å². The van der Waals surface area contributed by atoms with Gasteiger partial charge in [0.25, 0.3) is 0 Å². The van der Waals surface area contributed by atoms with E-state index >= 15 is 0 Å². The highest BCUT2D eigenvalue weighted by molar-refractivity contribution is 6.12. The SMILES string of the molecule is CCCCOc1ccccc1[C@H]1C(C(=O)OCCOCC)=C(C)NC2=C1C(=O)[C@H](C(=O)OC)[C@@H](C)C2. The molecule has 8 nitrogen and oxygen atoms in total. The number of dihydropyridines is 1. The van der Waals surface area contributed by atoms with Crippen molar-refractivity contribution in [2.75, 3.05) is 33.5 Å². The summed E-state index contributed by atoms with van der Waals surface area (Å²) in [6, 6.07) is 7.42. The van der Waals surface area contributed by atoms with E-state index in [-0.39, 0.29) is 24.9 Å². The number of nitrogens with one attached hydrogen (secondary N) is 1. The molecule has 1 aliphatic heterocycles. The smallest absolute Gasteiger partial charge is 0.336 e. The van der Waals surface area contributed by atoms with Crippen LogP contribution in [0.1, 0.15) is 58.4 Å². The first-order chi connectivity index (χ1) is 17.3. The number of carbonyl (C=O) groups excluding carboxylic acids is 3. The number of carbonyl (C=O) groups is 3. The Bertz CT molecular complexity index is 1040. The van der Waals surface area contributed by atoms with Crippen molar-refractivity contribution in [2.45, 2.75) is 52.9 Å². The molecule has 0 bridgehead atoms. The molecule has 0 aromatic heterocycles. The van der Waals surface area contributed by atoms with E-state index < -0.39 is 23.8 Å². The molecule has 0 saturated carbocycles. The normalized spacial score (nSPS) is 21.6. The molecule has 1 heterocycles. The first-order valence-electron chi connectivity index (χ1n) is 12.6. The largest absolute Gasteiger partial charge is 0.493 e. The molecule has 8 heteroatoms. The zero-order valence-electron chi connectivity index (χ0n) is 21.8. The first kappa shape index (κ1) is 27.5. The number of Topliss-reactive ketones (excluding diaryl/α,β-unsaturated/α-hetero) is 1. The van der Waals surface area contributed by atoms with Crippen LogP contribution in [0.3, 0.4) is 0 Å². The van der Waals surface area contributed by atoms with Crippen LogP contribution in [0.5, 0.6) is 5.75 Å². The van der Waals surface area contributed by atoms with E-state index in [1.165, 1.54) is 7.11 Å². The lowest BCUT2D eigenvalue weighted by atomic mass is 9.69. The number of esters is 2. The van der Waals surface area contributed by atoms with Crippen LogP contribution >= 0.6 is 0 Å². The van der Waals surface area contributed by atoms with Gasteiger partial charge in [0.05, 0.1) is 31.8 Å². The molecule has 3 rings (SSSR count).